The Morgan fingerprint density at radius 2 is 1.97 bits per heavy atom. The molecule has 0 saturated heterocycles. The first kappa shape index (κ1) is 22.4. The predicted octanol–water partition coefficient (Wildman–Crippen LogP) is 4.93. The van der Waals surface area contributed by atoms with Crippen molar-refractivity contribution >= 4 is 39.2 Å². The number of aryl methyl sites for hydroxylation is 1. The largest absolute Gasteiger partial charge is 0.336 e. The fourth-order valence-corrected chi connectivity index (χ4v) is 5.17. The van der Waals surface area contributed by atoms with Gasteiger partial charge in [0.05, 0.1) is 27.7 Å². The maximum absolute atomic E-state index is 12.9. The van der Waals surface area contributed by atoms with E-state index in [0.29, 0.717) is 5.16 Å². The number of carbonyl (C=O) groups is 1. The molecule has 0 aliphatic carbocycles. The molecule has 0 aliphatic heterocycles. The van der Waals surface area contributed by atoms with Gasteiger partial charge in [-0.15, -0.1) is 16.4 Å². The molecule has 4 aromatic rings. The summed E-state index contributed by atoms with van der Waals surface area (Å²) in [6.07, 6.45) is 3.42. The Balaban J connectivity index is 1.39. The Morgan fingerprint density at radius 3 is 2.72 bits per heavy atom. The third-order valence-electron chi connectivity index (χ3n) is 5.41. The minimum atomic E-state index is -0.104. The standard InChI is InChI=1S/C23H26N6OS2/c1-4-5-8-17-11-13-18(14-12-17)29-23(25-26-27-29)31-15-21(30)28(3)16(2)22-24-19-9-6-7-10-20(19)32-22/h6-7,9-14,16H,4-5,8,15H2,1-3H3. The van der Waals surface area contributed by atoms with Crippen LogP contribution in [0.5, 0.6) is 0 Å². The molecule has 0 bridgehead atoms. The first-order valence-corrected chi connectivity index (χ1v) is 12.5. The van der Waals surface area contributed by atoms with Gasteiger partial charge >= 0.3 is 0 Å². The van der Waals surface area contributed by atoms with Crippen LogP contribution in [0.25, 0.3) is 15.9 Å². The van der Waals surface area contributed by atoms with Gasteiger partial charge in [0.25, 0.3) is 0 Å². The van der Waals surface area contributed by atoms with Crippen LogP contribution >= 0.6 is 23.1 Å². The number of thiazole rings is 1. The van der Waals surface area contributed by atoms with Crippen molar-refractivity contribution in [3.05, 3.63) is 59.1 Å². The average Bonchev–Trinajstić information content (AvgIpc) is 3.47. The predicted molar refractivity (Wildman–Crippen MR) is 129 cm³/mol. The van der Waals surface area contributed by atoms with E-state index in [2.05, 4.69) is 45.6 Å². The molecule has 2 aromatic heterocycles. The third-order valence-corrected chi connectivity index (χ3v) is 7.52. The zero-order chi connectivity index (χ0) is 22.5. The second-order valence-electron chi connectivity index (χ2n) is 7.63. The van der Waals surface area contributed by atoms with E-state index in [1.54, 1.807) is 20.9 Å². The van der Waals surface area contributed by atoms with Crippen molar-refractivity contribution in [3.63, 3.8) is 0 Å². The molecule has 2 aromatic carbocycles. The van der Waals surface area contributed by atoms with E-state index in [-0.39, 0.29) is 17.7 Å². The van der Waals surface area contributed by atoms with Crippen LogP contribution in [0.15, 0.2) is 53.7 Å². The first-order chi connectivity index (χ1) is 15.6. The molecule has 0 aliphatic rings. The van der Waals surface area contributed by atoms with Gasteiger partial charge in [0.15, 0.2) is 0 Å². The third kappa shape index (κ3) is 4.99. The van der Waals surface area contributed by atoms with Crippen molar-refractivity contribution in [3.8, 4) is 5.69 Å². The Labute approximate surface area is 195 Å². The smallest absolute Gasteiger partial charge is 0.233 e. The Bertz CT molecular complexity index is 1150. The van der Waals surface area contributed by atoms with E-state index in [1.165, 1.54) is 30.2 Å². The number of unbranched alkanes of at least 4 members (excludes halogenated alkanes) is 1. The molecule has 0 saturated carbocycles. The zero-order valence-electron chi connectivity index (χ0n) is 18.4. The molecule has 2 heterocycles. The molecule has 4 rings (SSSR count). The van der Waals surface area contributed by atoms with Crippen molar-refractivity contribution in [2.24, 2.45) is 0 Å². The summed E-state index contributed by atoms with van der Waals surface area (Å²) in [6, 6.07) is 16.2. The van der Waals surface area contributed by atoms with Gasteiger partial charge in [0.2, 0.25) is 11.1 Å². The van der Waals surface area contributed by atoms with Crippen LogP contribution in [0.4, 0.5) is 0 Å². The summed E-state index contributed by atoms with van der Waals surface area (Å²) in [7, 11) is 1.82. The van der Waals surface area contributed by atoms with Crippen LogP contribution in [0.1, 0.15) is 43.3 Å². The molecule has 32 heavy (non-hydrogen) atoms. The number of fused-ring (bicyclic) bond motifs is 1. The summed E-state index contributed by atoms with van der Waals surface area (Å²) >= 11 is 2.96. The summed E-state index contributed by atoms with van der Waals surface area (Å²) < 4.78 is 2.81. The molecular formula is C23H26N6OS2. The molecule has 0 fully saturated rings. The number of aromatic nitrogens is 5. The lowest BCUT2D eigenvalue weighted by molar-refractivity contribution is -0.128. The number of rotatable bonds is 9. The molecule has 0 radical (unpaired) electrons. The van der Waals surface area contributed by atoms with Crippen LogP contribution in [-0.4, -0.2) is 48.8 Å². The maximum Gasteiger partial charge on any atom is 0.233 e. The maximum atomic E-state index is 12.9. The highest BCUT2D eigenvalue weighted by Gasteiger charge is 2.22. The van der Waals surface area contributed by atoms with Crippen molar-refractivity contribution < 1.29 is 4.79 Å². The van der Waals surface area contributed by atoms with E-state index in [0.717, 1.165) is 27.3 Å². The highest BCUT2D eigenvalue weighted by molar-refractivity contribution is 7.99. The van der Waals surface area contributed by atoms with E-state index < -0.39 is 0 Å². The second kappa shape index (κ2) is 10.2. The average molecular weight is 467 g/mol. The van der Waals surface area contributed by atoms with E-state index in [9.17, 15) is 4.79 Å². The van der Waals surface area contributed by atoms with Crippen LogP contribution < -0.4 is 0 Å². The van der Waals surface area contributed by atoms with Gasteiger partial charge < -0.3 is 4.90 Å². The Hall–Kier alpha value is -2.78. The van der Waals surface area contributed by atoms with Gasteiger partial charge in [0, 0.05) is 7.05 Å². The molecule has 1 unspecified atom stereocenters. The number of tetrazole rings is 1. The summed E-state index contributed by atoms with van der Waals surface area (Å²) in [5, 5.41) is 13.6. The van der Waals surface area contributed by atoms with Crippen molar-refractivity contribution in [2.75, 3.05) is 12.8 Å². The Morgan fingerprint density at radius 1 is 1.19 bits per heavy atom. The molecule has 1 amide bonds. The van der Waals surface area contributed by atoms with Crippen LogP contribution in [0.3, 0.4) is 0 Å². The van der Waals surface area contributed by atoms with Gasteiger partial charge in [-0.2, -0.15) is 4.68 Å². The van der Waals surface area contributed by atoms with Gasteiger partial charge in [0.1, 0.15) is 5.01 Å². The number of hydrogen-bond acceptors (Lipinski definition) is 7. The fourth-order valence-electron chi connectivity index (χ4n) is 3.29. The quantitative estimate of drug-likeness (QED) is 0.326. The highest BCUT2D eigenvalue weighted by Crippen LogP contribution is 2.29. The fraction of sp³-hybridized carbons (Fsp3) is 0.348. The molecule has 0 N–H and O–H groups in total. The SMILES string of the molecule is CCCCc1ccc(-n2nnnc2SCC(=O)N(C)C(C)c2nc3ccccc3s2)cc1. The second-order valence-corrected chi connectivity index (χ2v) is 9.64. The lowest BCUT2D eigenvalue weighted by atomic mass is 10.1. The molecule has 7 nitrogen and oxygen atoms in total. The van der Waals surface area contributed by atoms with Gasteiger partial charge in [-0.05, 0) is 60.0 Å². The lowest BCUT2D eigenvalue weighted by Crippen LogP contribution is -2.31. The number of carbonyl (C=O) groups excluding carboxylic acids is 1. The van der Waals surface area contributed by atoms with Crippen LogP contribution in [-0.2, 0) is 11.2 Å². The number of para-hydroxylation sites is 1. The van der Waals surface area contributed by atoms with Crippen LogP contribution in [0, 0.1) is 0 Å². The number of nitrogens with zero attached hydrogens (tertiary/aromatic N) is 6. The summed E-state index contributed by atoms with van der Waals surface area (Å²) in [5.74, 6) is 0.256. The van der Waals surface area contributed by atoms with Gasteiger partial charge in [-0.25, -0.2) is 4.98 Å². The van der Waals surface area contributed by atoms with Crippen molar-refractivity contribution in [2.45, 2.75) is 44.3 Å². The molecule has 1 atom stereocenters. The summed E-state index contributed by atoms with van der Waals surface area (Å²) in [5.41, 5.74) is 3.16. The van der Waals surface area contributed by atoms with E-state index in [1.807, 2.05) is 44.3 Å². The molecular weight excluding hydrogens is 440 g/mol. The number of benzene rings is 2. The highest BCUT2D eigenvalue weighted by atomic mass is 32.2. The molecule has 9 heteroatoms. The van der Waals surface area contributed by atoms with Crippen molar-refractivity contribution in [1.82, 2.24) is 30.1 Å². The monoisotopic (exact) mass is 466 g/mol. The minimum Gasteiger partial charge on any atom is -0.336 e. The van der Waals surface area contributed by atoms with Gasteiger partial charge in [-0.3, -0.25) is 4.79 Å². The molecule has 0 spiro atoms. The van der Waals surface area contributed by atoms with Gasteiger partial charge in [-0.1, -0.05) is 49.4 Å². The number of hydrogen-bond donors (Lipinski definition) is 0. The summed E-state index contributed by atoms with van der Waals surface area (Å²) in [4.78, 5) is 19.3. The number of thioether (sulfide) groups is 1. The normalized spacial score (nSPS) is 12.2. The first-order valence-electron chi connectivity index (χ1n) is 10.7. The van der Waals surface area contributed by atoms with E-state index in [4.69, 9.17) is 0 Å². The topological polar surface area (TPSA) is 76.8 Å². The lowest BCUT2D eigenvalue weighted by Gasteiger charge is -2.23. The van der Waals surface area contributed by atoms with Crippen LogP contribution in [0.2, 0.25) is 0 Å². The summed E-state index contributed by atoms with van der Waals surface area (Å²) in [6.45, 7) is 4.20. The minimum absolute atomic E-state index is 0.00576. The molecule has 166 valence electrons. The number of amides is 1. The Kier molecular flexibility index (Phi) is 7.16. The van der Waals surface area contributed by atoms with Crippen molar-refractivity contribution in [1.29, 1.82) is 0 Å². The van der Waals surface area contributed by atoms with E-state index >= 15 is 0 Å². The zero-order valence-corrected chi connectivity index (χ0v) is 20.1.